The highest BCUT2D eigenvalue weighted by Crippen LogP contribution is 2.14. The van der Waals surface area contributed by atoms with Gasteiger partial charge < -0.3 is 24.5 Å². The third-order valence-corrected chi connectivity index (χ3v) is 4.29. The highest BCUT2D eigenvalue weighted by Gasteiger charge is 2.29. The van der Waals surface area contributed by atoms with Gasteiger partial charge in [0.2, 0.25) is 0 Å². The van der Waals surface area contributed by atoms with Crippen LogP contribution in [0.15, 0.2) is 42.9 Å². The third kappa shape index (κ3) is 9.51. The monoisotopic (exact) mass is 445 g/mol. The summed E-state index contributed by atoms with van der Waals surface area (Å²) in [6, 6.07) is 9.18. The second-order valence-electron chi connectivity index (χ2n) is 9.84. The Morgan fingerprint density at radius 3 is 2.28 bits per heavy atom. The quantitative estimate of drug-likeness (QED) is 0.603. The van der Waals surface area contributed by atoms with Gasteiger partial charge in [0, 0.05) is 19.2 Å². The zero-order chi connectivity index (χ0) is 23.9. The smallest absolute Gasteiger partial charge is 0.407 e. The number of nitrogens with one attached hydrogen (secondary N) is 1. The van der Waals surface area contributed by atoms with Crippen LogP contribution >= 0.6 is 0 Å². The molecule has 2 atom stereocenters. The number of benzene rings is 1. The molecule has 0 radical (unpaired) electrons. The van der Waals surface area contributed by atoms with Crippen LogP contribution in [-0.2, 0) is 27.2 Å². The summed E-state index contributed by atoms with van der Waals surface area (Å²) >= 11 is 0. The number of rotatable bonds is 8. The standard InChI is InChI=1S/C24H35N3O5/c1-23(2,3)31-21(29)13-20(28)19(26-22(30)32-24(4,5)6)12-18-15-27(16-25-18)14-17-10-8-7-9-11-17/h7-11,15-16,19-20,28H,12-14H2,1-6H3,(H,26,30)/t19-,20+/m0/s1. The van der Waals surface area contributed by atoms with Gasteiger partial charge in [0.1, 0.15) is 11.2 Å². The minimum Gasteiger partial charge on any atom is -0.460 e. The van der Waals surface area contributed by atoms with E-state index in [0.717, 1.165) is 5.56 Å². The Morgan fingerprint density at radius 1 is 1.06 bits per heavy atom. The number of hydrogen-bond acceptors (Lipinski definition) is 6. The van der Waals surface area contributed by atoms with Crippen LogP contribution in [-0.4, -0.2) is 50.1 Å². The van der Waals surface area contributed by atoms with E-state index in [2.05, 4.69) is 10.3 Å². The summed E-state index contributed by atoms with van der Waals surface area (Å²) in [4.78, 5) is 28.9. The van der Waals surface area contributed by atoms with Gasteiger partial charge in [-0.25, -0.2) is 9.78 Å². The molecule has 0 aliphatic heterocycles. The number of amides is 1. The number of aliphatic hydroxyl groups is 1. The van der Waals surface area contributed by atoms with E-state index in [4.69, 9.17) is 9.47 Å². The fourth-order valence-electron chi connectivity index (χ4n) is 3.06. The van der Waals surface area contributed by atoms with Crippen LogP contribution in [0.1, 0.15) is 59.2 Å². The second-order valence-corrected chi connectivity index (χ2v) is 9.84. The molecule has 176 valence electrons. The number of carbonyl (C=O) groups is 2. The van der Waals surface area contributed by atoms with Crippen molar-refractivity contribution in [2.24, 2.45) is 0 Å². The lowest BCUT2D eigenvalue weighted by molar-refractivity contribution is -0.157. The van der Waals surface area contributed by atoms with E-state index < -0.39 is 35.4 Å². The fraction of sp³-hybridized carbons (Fsp3) is 0.542. The fourth-order valence-corrected chi connectivity index (χ4v) is 3.06. The largest absolute Gasteiger partial charge is 0.460 e. The number of aromatic nitrogens is 2. The Balaban J connectivity index is 2.09. The van der Waals surface area contributed by atoms with Crippen LogP contribution in [0.2, 0.25) is 0 Å². The molecule has 0 bridgehead atoms. The maximum Gasteiger partial charge on any atom is 0.407 e. The minimum absolute atomic E-state index is 0.227. The Bertz CT molecular complexity index is 881. The molecular formula is C24H35N3O5. The molecule has 2 N–H and O–H groups in total. The number of esters is 1. The van der Waals surface area contributed by atoms with Crippen molar-refractivity contribution in [1.29, 1.82) is 0 Å². The average molecular weight is 446 g/mol. The van der Waals surface area contributed by atoms with Crippen molar-refractivity contribution in [3.63, 3.8) is 0 Å². The van der Waals surface area contributed by atoms with Crippen molar-refractivity contribution in [1.82, 2.24) is 14.9 Å². The summed E-state index contributed by atoms with van der Waals surface area (Å²) in [6.07, 6.45) is 1.68. The molecule has 1 aromatic heterocycles. The zero-order valence-electron chi connectivity index (χ0n) is 19.8. The SMILES string of the molecule is CC(C)(C)OC(=O)C[C@@H](O)[C@H](Cc1cn(Cc2ccccc2)cn1)NC(=O)OC(C)(C)C. The predicted octanol–water partition coefficient (Wildman–Crippen LogP) is 3.46. The lowest BCUT2D eigenvalue weighted by Crippen LogP contribution is -2.47. The van der Waals surface area contributed by atoms with E-state index in [-0.39, 0.29) is 12.8 Å². The summed E-state index contributed by atoms with van der Waals surface area (Å²) < 4.78 is 12.6. The molecule has 0 saturated carbocycles. The van der Waals surface area contributed by atoms with Crippen LogP contribution < -0.4 is 5.32 Å². The van der Waals surface area contributed by atoms with Crippen LogP contribution in [0, 0.1) is 0 Å². The molecule has 8 nitrogen and oxygen atoms in total. The Morgan fingerprint density at radius 2 is 1.69 bits per heavy atom. The molecule has 0 saturated heterocycles. The number of nitrogens with zero attached hydrogens (tertiary/aromatic N) is 2. The summed E-state index contributed by atoms with van der Waals surface area (Å²) in [7, 11) is 0. The Labute approximate surface area is 189 Å². The first-order valence-electron chi connectivity index (χ1n) is 10.7. The van der Waals surface area contributed by atoms with Gasteiger partial charge in [0.25, 0.3) is 0 Å². The van der Waals surface area contributed by atoms with E-state index in [1.54, 1.807) is 47.9 Å². The van der Waals surface area contributed by atoms with E-state index in [1.807, 2.05) is 41.1 Å². The molecule has 1 amide bonds. The van der Waals surface area contributed by atoms with Gasteiger partial charge in [-0.05, 0) is 47.1 Å². The van der Waals surface area contributed by atoms with Gasteiger partial charge in [-0.3, -0.25) is 4.79 Å². The molecule has 2 rings (SSSR count). The molecule has 1 aromatic carbocycles. The summed E-state index contributed by atoms with van der Waals surface area (Å²) in [5, 5.41) is 13.4. The van der Waals surface area contributed by atoms with Crippen molar-refractivity contribution in [3.8, 4) is 0 Å². The van der Waals surface area contributed by atoms with E-state index >= 15 is 0 Å². The van der Waals surface area contributed by atoms with E-state index in [0.29, 0.717) is 12.2 Å². The third-order valence-electron chi connectivity index (χ3n) is 4.29. The molecular weight excluding hydrogens is 410 g/mol. The number of ether oxygens (including phenoxy) is 2. The number of hydrogen-bond donors (Lipinski definition) is 2. The van der Waals surface area contributed by atoms with Crippen molar-refractivity contribution >= 4 is 12.1 Å². The van der Waals surface area contributed by atoms with E-state index in [1.165, 1.54) is 0 Å². The van der Waals surface area contributed by atoms with Gasteiger partial charge in [0.15, 0.2) is 0 Å². The maximum absolute atomic E-state index is 12.3. The Hall–Kier alpha value is -2.87. The van der Waals surface area contributed by atoms with Gasteiger partial charge in [-0.2, -0.15) is 0 Å². The molecule has 0 unspecified atom stereocenters. The lowest BCUT2D eigenvalue weighted by Gasteiger charge is -2.27. The number of imidazole rings is 1. The number of carbonyl (C=O) groups excluding carboxylic acids is 2. The van der Waals surface area contributed by atoms with Crippen LogP contribution in [0.5, 0.6) is 0 Å². The lowest BCUT2D eigenvalue weighted by atomic mass is 10.0. The molecule has 1 heterocycles. The van der Waals surface area contributed by atoms with Crippen molar-refractivity contribution < 1.29 is 24.2 Å². The van der Waals surface area contributed by atoms with Gasteiger partial charge >= 0.3 is 12.1 Å². The first kappa shape index (κ1) is 25.4. The summed E-state index contributed by atoms with van der Waals surface area (Å²) in [6.45, 7) is 11.2. The minimum atomic E-state index is -1.17. The zero-order valence-corrected chi connectivity index (χ0v) is 19.8. The first-order chi connectivity index (χ1) is 14.8. The molecule has 0 spiro atoms. The molecule has 0 fully saturated rings. The highest BCUT2D eigenvalue weighted by atomic mass is 16.6. The normalized spacial score (nSPS) is 13.8. The van der Waals surface area contributed by atoms with Crippen LogP contribution in [0.25, 0.3) is 0 Å². The number of aliphatic hydroxyl groups excluding tert-OH is 1. The van der Waals surface area contributed by atoms with Crippen LogP contribution in [0.4, 0.5) is 4.79 Å². The molecule has 0 aliphatic rings. The summed E-state index contributed by atoms with van der Waals surface area (Å²) in [5.41, 5.74) is 0.443. The molecule has 8 heteroatoms. The number of alkyl carbamates (subject to hydrolysis) is 1. The highest BCUT2D eigenvalue weighted by molar-refractivity contribution is 5.71. The van der Waals surface area contributed by atoms with Gasteiger partial charge in [0.05, 0.1) is 30.6 Å². The van der Waals surface area contributed by atoms with Crippen molar-refractivity contribution in [3.05, 3.63) is 54.1 Å². The van der Waals surface area contributed by atoms with Crippen molar-refractivity contribution in [2.75, 3.05) is 0 Å². The van der Waals surface area contributed by atoms with Gasteiger partial charge in [-0.15, -0.1) is 0 Å². The average Bonchev–Trinajstić information content (AvgIpc) is 3.05. The molecule has 2 aromatic rings. The predicted molar refractivity (Wildman–Crippen MR) is 121 cm³/mol. The maximum atomic E-state index is 12.3. The van der Waals surface area contributed by atoms with Crippen LogP contribution in [0.3, 0.4) is 0 Å². The molecule has 32 heavy (non-hydrogen) atoms. The topological polar surface area (TPSA) is 103 Å². The van der Waals surface area contributed by atoms with E-state index in [9.17, 15) is 14.7 Å². The van der Waals surface area contributed by atoms with Gasteiger partial charge in [-0.1, -0.05) is 30.3 Å². The molecule has 0 aliphatic carbocycles. The van der Waals surface area contributed by atoms with Crippen molar-refractivity contribution in [2.45, 2.75) is 84.3 Å². The Kier molecular flexibility index (Phi) is 8.44. The second kappa shape index (κ2) is 10.6. The first-order valence-corrected chi connectivity index (χ1v) is 10.7. The summed E-state index contributed by atoms with van der Waals surface area (Å²) in [5.74, 6) is -0.546.